The molecule has 0 bridgehead atoms. The van der Waals surface area contributed by atoms with Crippen molar-refractivity contribution in [1.82, 2.24) is 20.4 Å². The monoisotopic (exact) mass is 946 g/mol. The van der Waals surface area contributed by atoms with E-state index in [1.54, 1.807) is 42.5 Å². The lowest BCUT2D eigenvalue weighted by Crippen LogP contribution is -2.52. The van der Waals surface area contributed by atoms with Crippen molar-refractivity contribution >= 4 is 64.1 Å². The minimum Gasteiger partial charge on any atom is -0.495 e. The van der Waals surface area contributed by atoms with Gasteiger partial charge in [-0.15, -0.1) is 0 Å². The summed E-state index contributed by atoms with van der Waals surface area (Å²) in [5.41, 5.74) is 3.96. The summed E-state index contributed by atoms with van der Waals surface area (Å²) in [5, 5.41) is 13.2. The van der Waals surface area contributed by atoms with Gasteiger partial charge in [-0.05, 0) is 102 Å². The number of amides is 5. The van der Waals surface area contributed by atoms with E-state index >= 15 is 4.39 Å². The van der Waals surface area contributed by atoms with Gasteiger partial charge in [0.15, 0.2) is 0 Å². The molecule has 9 rings (SSSR count). The third kappa shape index (κ3) is 8.76. The molecular weight excluding hydrogens is 895 g/mol. The topological polar surface area (TPSA) is 149 Å². The first-order chi connectivity index (χ1) is 32.1. The molecule has 5 heterocycles. The number of benzene rings is 4. The molecule has 4 aromatic carbocycles. The third-order valence-electron chi connectivity index (χ3n) is 14.1. The summed E-state index contributed by atoms with van der Waals surface area (Å²) >= 11 is 12.9. The molecule has 5 amide bonds. The number of nitrogens with one attached hydrogen (secondary N) is 4. The molecule has 5 aliphatic rings. The first-order valence-corrected chi connectivity index (χ1v) is 23.6. The van der Waals surface area contributed by atoms with Gasteiger partial charge < -0.3 is 30.5 Å². The van der Waals surface area contributed by atoms with Gasteiger partial charge in [0.25, 0.3) is 11.8 Å². The molecule has 0 unspecified atom stereocenters. The van der Waals surface area contributed by atoms with Gasteiger partial charge in [-0.25, -0.2) is 4.39 Å². The van der Waals surface area contributed by atoms with Gasteiger partial charge in [-0.2, -0.15) is 0 Å². The number of fused-ring (bicyclic) bond motifs is 3. The van der Waals surface area contributed by atoms with E-state index in [9.17, 15) is 24.0 Å². The molecular formula is C52H53Cl2FN6O6. The highest BCUT2D eigenvalue weighted by Crippen LogP contribution is 2.57. The van der Waals surface area contributed by atoms with Crippen molar-refractivity contribution in [3.05, 3.63) is 122 Å². The SMILES string of the molecule is COc1cc(C(=O)N2CCC[C@H](CC#Cc3cccc4c3CN([C@@H]3CCC(=O)NC3=O)C4=O)C2)ccc1NC(=O)[C@@H]1N[C@@H](CC(C)(C)C)[C@@]2(CNc3cc(Cl)ccc32)[C@H]1c1cccc(Cl)c1F. The Morgan fingerprint density at radius 1 is 1.01 bits per heavy atom. The Hall–Kier alpha value is -5.94. The van der Waals surface area contributed by atoms with E-state index in [0.717, 1.165) is 35.2 Å². The molecule has 6 atom stereocenters. The average molecular weight is 948 g/mol. The van der Waals surface area contributed by atoms with Crippen molar-refractivity contribution in [3.63, 3.8) is 0 Å². The molecule has 0 radical (unpaired) electrons. The van der Waals surface area contributed by atoms with Crippen LogP contribution in [0, 0.1) is 29.0 Å². The summed E-state index contributed by atoms with van der Waals surface area (Å²) in [7, 11) is 1.48. The van der Waals surface area contributed by atoms with Crippen LogP contribution in [0.2, 0.25) is 10.0 Å². The highest BCUT2D eigenvalue weighted by molar-refractivity contribution is 6.31. The van der Waals surface area contributed by atoms with Crippen molar-refractivity contribution in [1.29, 1.82) is 0 Å². The number of methoxy groups -OCH3 is 1. The van der Waals surface area contributed by atoms with Crippen LogP contribution in [-0.4, -0.2) is 84.2 Å². The fourth-order valence-electron chi connectivity index (χ4n) is 11.0. The minimum absolute atomic E-state index is 0.0290. The lowest BCUT2D eigenvalue weighted by molar-refractivity contribution is -0.137. The second kappa shape index (κ2) is 18.3. The summed E-state index contributed by atoms with van der Waals surface area (Å²) < 4.78 is 22.1. The zero-order valence-electron chi connectivity index (χ0n) is 37.9. The fourth-order valence-corrected chi connectivity index (χ4v) is 11.4. The molecule has 0 saturated carbocycles. The number of ether oxygens (including phenoxy) is 1. The minimum atomic E-state index is -0.902. The van der Waals surface area contributed by atoms with Crippen LogP contribution in [0.5, 0.6) is 5.75 Å². The van der Waals surface area contributed by atoms with Gasteiger partial charge in [0.05, 0.1) is 23.9 Å². The summed E-state index contributed by atoms with van der Waals surface area (Å²) in [4.78, 5) is 69.8. The van der Waals surface area contributed by atoms with Gasteiger partial charge >= 0.3 is 0 Å². The van der Waals surface area contributed by atoms with Crippen molar-refractivity contribution in [3.8, 4) is 17.6 Å². The number of halogens is 3. The number of rotatable bonds is 8. The quantitative estimate of drug-likeness (QED) is 0.103. The van der Waals surface area contributed by atoms with Crippen molar-refractivity contribution in [2.45, 2.75) is 95.3 Å². The normalized spacial score (nSPS) is 24.4. The molecule has 348 valence electrons. The van der Waals surface area contributed by atoms with Gasteiger partial charge in [0, 0.05) is 83.8 Å². The molecule has 0 aliphatic carbocycles. The molecule has 1 spiro atoms. The largest absolute Gasteiger partial charge is 0.495 e. The van der Waals surface area contributed by atoms with Crippen molar-refractivity contribution in [2.24, 2.45) is 11.3 Å². The van der Waals surface area contributed by atoms with E-state index in [4.69, 9.17) is 27.9 Å². The summed E-state index contributed by atoms with van der Waals surface area (Å²) in [5.74, 6) is 4.12. The molecule has 0 aromatic heterocycles. The Bertz CT molecular complexity index is 2770. The Balaban J connectivity index is 0.911. The molecule has 4 aromatic rings. The standard InChI is InChI=1S/C52H53Cl2FN6O6/c1-51(2,3)25-42-52(28-56-39-24-32(53)17-18-36(39)52)44(34-14-7-15-37(54)45(34)55)46(58-42)48(64)57-38-19-16-31(23-41(38)67-4)49(65)60-22-8-10-29(26-60)9-5-11-30-12-6-13-33-35(30)27-61(50(33)66)40-20-21-43(62)59-47(40)63/h6-7,12-19,23-24,29,40,42,44,46,56,58H,8-10,20-22,25-28H2,1-4H3,(H,57,64)(H,59,62,63)/t29-,40+,42-,44-,46+,52-/m0/s1. The van der Waals surface area contributed by atoms with Crippen LogP contribution in [0.1, 0.15) is 108 Å². The van der Waals surface area contributed by atoms with Crippen LogP contribution >= 0.6 is 23.2 Å². The molecule has 3 fully saturated rings. The number of nitrogens with zero attached hydrogens (tertiary/aromatic N) is 2. The van der Waals surface area contributed by atoms with Crippen molar-refractivity contribution < 1.29 is 33.1 Å². The number of carbonyl (C=O) groups is 5. The van der Waals surface area contributed by atoms with Crippen molar-refractivity contribution in [2.75, 3.05) is 37.4 Å². The zero-order valence-corrected chi connectivity index (χ0v) is 39.4. The maximum Gasteiger partial charge on any atom is 0.255 e. The smallest absolute Gasteiger partial charge is 0.255 e. The van der Waals surface area contributed by atoms with Crippen LogP contribution in [0.25, 0.3) is 0 Å². The molecule has 5 aliphatic heterocycles. The lowest BCUT2D eigenvalue weighted by Gasteiger charge is -2.39. The van der Waals surface area contributed by atoms with Gasteiger partial charge in [0.2, 0.25) is 17.7 Å². The number of anilines is 2. The predicted octanol–water partition coefficient (Wildman–Crippen LogP) is 8.06. The average Bonchev–Trinajstić information content (AvgIpc) is 3.95. The maximum atomic E-state index is 16.3. The van der Waals surface area contributed by atoms with Gasteiger partial charge in [-0.3, -0.25) is 29.3 Å². The number of carbonyl (C=O) groups excluding carboxylic acids is 5. The van der Waals surface area contributed by atoms with Crippen LogP contribution < -0.4 is 26.0 Å². The fraction of sp³-hybridized carbons (Fsp3) is 0.404. The second-order valence-electron chi connectivity index (χ2n) is 19.6. The van der Waals surface area contributed by atoms with E-state index < -0.39 is 41.0 Å². The highest BCUT2D eigenvalue weighted by Gasteiger charge is 2.61. The Morgan fingerprint density at radius 2 is 1.82 bits per heavy atom. The van der Waals surface area contributed by atoms with E-state index in [-0.39, 0.29) is 59.5 Å². The number of likely N-dealkylation sites (tertiary alicyclic amines) is 1. The maximum absolute atomic E-state index is 16.3. The molecule has 4 N–H and O–H groups in total. The van der Waals surface area contributed by atoms with E-state index in [1.165, 1.54) is 18.1 Å². The number of hydrogen-bond acceptors (Lipinski definition) is 8. The Labute approximate surface area is 399 Å². The molecule has 3 saturated heterocycles. The van der Waals surface area contributed by atoms with Crippen LogP contribution in [0.15, 0.2) is 72.8 Å². The second-order valence-corrected chi connectivity index (χ2v) is 20.4. The summed E-state index contributed by atoms with van der Waals surface area (Å²) in [6.07, 6.45) is 3.37. The van der Waals surface area contributed by atoms with Gasteiger partial charge in [0.1, 0.15) is 17.6 Å². The van der Waals surface area contributed by atoms with Crippen LogP contribution in [0.3, 0.4) is 0 Å². The summed E-state index contributed by atoms with van der Waals surface area (Å²) in [6.45, 7) is 8.18. The van der Waals surface area contributed by atoms with E-state index in [0.29, 0.717) is 65.6 Å². The predicted molar refractivity (Wildman–Crippen MR) is 255 cm³/mol. The lowest BCUT2D eigenvalue weighted by atomic mass is 9.63. The summed E-state index contributed by atoms with van der Waals surface area (Å²) in [6, 6.07) is 19.1. The first kappa shape index (κ1) is 46.2. The van der Waals surface area contributed by atoms with E-state index in [2.05, 4.69) is 53.9 Å². The zero-order chi connectivity index (χ0) is 47.4. The first-order valence-electron chi connectivity index (χ1n) is 22.8. The third-order valence-corrected chi connectivity index (χ3v) is 14.6. The van der Waals surface area contributed by atoms with Gasteiger partial charge in [-0.1, -0.05) is 80.1 Å². The molecule has 15 heteroatoms. The number of hydrogen-bond donors (Lipinski definition) is 4. The Morgan fingerprint density at radius 3 is 2.60 bits per heavy atom. The Kier molecular flexibility index (Phi) is 12.6. The number of imide groups is 1. The van der Waals surface area contributed by atoms with E-state index in [1.807, 2.05) is 29.2 Å². The highest BCUT2D eigenvalue weighted by atomic mass is 35.5. The number of piperidine rings is 2. The van der Waals surface area contributed by atoms with Crippen LogP contribution in [0.4, 0.5) is 15.8 Å². The molecule has 67 heavy (non-hydrogen) atoms. The van der Waals surface area contributed by atoms with Crippen LogP contribution in [-0.2, 0) is 26.3 Å². The molecule has 12 nitrogen and oxygen atoms in total.